The molecule has 44 heavy (non-hydrogen) atoms. The number of hydrogen-bond donors (Lipinski definition) is 0. The quantitative estimate of drug-likeness (QED) is 0.183. The van der Waals surface area contributed by atoms with Gasteiger partial charge in [0.1, 0.15) is 0 Å². The Balaban J connectivity index is 1.33. The molecule has 0 bridgehead atoms. The average molecular weight is 584 g/mol. The molecule has 4 heteroatoms. The minimum Gasteiger partial charge on any atom is -0.208 e. The van der Waals surface area contributed by atoms with Gasteiger partial charge in [0.2, 0.25) is 0 Å². The molecule has 0 aliphatic carbocycles. The van der Waals surface area contributed by atoms with E-state index in [4.69, 9.17) is 15.0 Å². The molecule has 0 amide bonds. The standard InChI is InChI=1S/C40H33N3Si/c1-44(2,3)33-23-21-28(22-24-33)34-25-26-35(37-20-11-10-19-36(34)37)31-17-12-18-32(27-31)40-42-38(29-13-6-4-7-14-29)41-39(43-40)30-15-8-5-9-16-30/h4-27H,1-3H3. The van der Waals surface area contributed by atoms with Crippen LogP contribution in [0.15, 0.2) is 146 Å². The van der Waals surface area contributed by atoms with Gasteiger partial charge in [-0.25, -0.2) is 15.0 Å². The lowest BCUT2D eigenvalue weighted by molar-refractivity contribution is 1.07. The van der Waals surface area contributed by atoms with E-state index < -0.39 is 8.07 Å². The maximum absolute atomic E-state index is 4.96. The minimum atomic E-state index is -1.36. The molecular formula is C40H33N3Si. The molecule has 0 aliphatic heterocycles. The maximum Gasteiger partial charge on any atom is 0.164 e. The van der Waals surface area contributed by atoms with E-state index in [1.165, 1.54) is 32.6 Å². The molecule has 0 N–H and O–H groups in total. The first-order valence-corrected chi connectivity index (χ1v) is 18.5. The number of rotatable bonds is 6. The van der Waals surface area contributed by atoms with Gasteiger partial charge in [0.05, 0.1) is 8.07 Å². The van der Waals surface area contributed by atoms with E-state index >= 15 is 0 Å². The van der Waals surface area contributed by atoms with Crippen LogP contribution in [-0.4, -0.2) is 23.0 Å². The topological polar surface area (TPSA) is 38.7 Å². The van der Waals surface area contributed by atoms with Crippen LogP contribution in [0.2, 0.25) is 19.6 Å². The van der Waals surface area contributed by atoms with E-state index in [1.54, 1.807) is 0 Å². The molecule has 212 valence electrons. The summed E-state index contributed by atoms with van der Waals surface area (Å²) >= 11 is 0. The predicted octanol–water partition coefficient (Wildman–Crippen LogP) is 9.90. The summed E-state index contributed by atoms with van der Waals surface area (Å²) in [6.45, 7) is 7.17. The Kier molecular flexibility index (Phi) is 7.21. The first-order valence-electron chi connectivity index (χ1n) is 15.0. The van der Waals surface area contributed by atoms with Crippen molar-refractivity contribution in [3.05, 3.63) is 146 Å². The molecule has 1 aromatic heterocycles. The second-order valence-corrected chi connectivity index (χ2v) is 17.2. The predicted molar refractivity (Wildman–Crippen MR) is 187 cm³/mol. The number of fused-ring (bicyclic) bond motifs is 1. The van der Waals surface area contributed by atoms with Gasteiger partial charge >= 0.3 is 0 Å². The summed E-state index contributed by atoms with van der Waals surface area (Å²) < 4.78 is 0. The van der Waals surface area contributed by atoms with E-state index in [0.29, 0.717) is 17.5 Å². The Morgan fingerprint density at radius 2 is 0.795 bits per heavy atom. The van der Waals surface area contributed by atoms with Gasteiger partial charge in [-0.1, -0.05) is 164 Å². The Morgan fingerprint density at radius 1 is 0.364 bits per heavy atom. The van der Waals surface area contributed by atoms with E-state index in [1.807, 2.05) is 60.7 Å². The van der Waals surface area contributed by atoms with Gasteiger partial charge in [-0.05, 0) is 39.1 Å². The van der Waals surface area contributed by atoms with E-state index in [0.717, 1.165) is 22.3 Å². The normalized spacial score (nSPS) is 11.5. The van der Waals surface area contributed by atoms with Crippen LogP contribution in [0.1, 0.15) is 0 Å². The smallest absolute Gasteiger partial charge is 0.164 e. The third-order valence-corrected chi connectivity index (χ3v) is 10.2. The van der Waals surface area contributed by atoms with Crippen molar-refractivity contribution in [2.24, 2.45) is 0 Å². The molecular weight excluding hydrogens is 551 g/mol. The Bertz CT molecular complexity index is 2020. The van der Waals surface area contributed by atoms with Crippen LogP contribution < -0.4 is 5.19 Å². The molecule has 0 atom stereocenters. The van der Waals surface area contributed by atoms with Crippen LogP contribution in [0.4, 0.5) is 0 Å². The van der Waals surface area contributed by atoms with Crippen molar-refractivity contribution < 1.29 is 0 Å². The fourth-order valence-corrected chi connectivity index (χ4v) is 6.88. The van der Waals surface area contributed by atoms with Crippen molar-refractivity contribution in [1.82, 2.24) is 15.0 Å². The lowest BCUT2D eigenvalue weighted by atomic mass is 9.91. The summed E-state index contributed by atoms with van der Waals surface area (Å²) in [5.74, 6) is 1.98. The number of nitrogens with zero attached hydrogens (tertiary/aromatic N) is 3. The van der Waals surface area contributed by atoms with Crippen molar-refractivity contribution in [3.8, 4) is 56.4 Å². The van der Waals surface area contributed by atoms with Gasteiger partial charge in [-0.3, -0.25) is 0 Å². The molecule has 0 aliphatic rings. The molecule has 0 spiro atoms. The first kappa shape index (κ1) is 27.6. The third kappa shape index (κ3) is 5.48. The van der Waals surface area contributed by atoms with Gasteiger partial charge in [-0.2, -0.15) is 0 Å². The maximum atomic E-state index is 4.96. The highest BCUT2D eigenvalue weighted by Crippen LogP contribution is 2.37. The van der Waals surface area contributed by atoms with E-state index in [-0.39, 0.29) is 0 Å². The lowest BCUT2D eigenvalue weighted by Gasteiger charge is -2.17. The molecule has 0 radical (unpaired) electrons. The monoisotopic (exact) mass is 583 g/mol. The Labute approximate surface area is 260 Å². The Hall–Kier alpha value is -5.19. The van der Waals surface area contributed by atoms with Gasteiger partial charge in [0, 0.05) is 16.7 Å². The van der Waals surface area contributed by atoms with Crippen LogP contribution in [-0.2, 0) is 0 Å². The van der Waals surface area contributed by atoms with Crippen molar-refractivity contribution >= 4 is 24.0 Å². The highest BCUT2D eigenvalue weighted by Gasteiger charge is 2.17. The largest absolute Gasteiger partial charge is 0.208 e. The van der Waals surface area contributed by atoms with Crippen LogP contribution in [0.3, 0.4) is 0 Å². The van der Waals surface area contributed by atoms with Gasteiger partial charge < -0.3 is 0 Å². The SMILES string of the molecule is C[Si](C)(C)c1ccc(-c2ccc(-c3cccc(-c4nc(-c5ccccc5)nc(-c5ccccc5)n4)c3)c3ccccc23)cc1. The highest BCUT2D eigenvalue weighted by atomic mass is 28.3. The Morgan fingerprint density at radius 3 is 1.32 bits per heavy atom. The summed E-state index contributed by atoms with van der Waals surface area (Å²) in [5.41, 5.74) is 7.69. The molecule has 0 unspecified atom stereocenters. The van der Waals surface area contributed by atoms with Crippen molar-refractivity contribution in [3.63, 3.8) is 0 Å². The first-order chi connectivity index (χ1) is 21.4. The van der Waals surface area contributed by atoms with Crippen molar-refractivity contribution in [2.45, 2.75) is 19.6 Å². The van der Waals surface area contributed by atoms with Crippen molar-refractivity contribution in [2.75, 3.05) is 0 Å². The second-order valence-electron chi connectivity index (χ2n) is 12.2. The van der Waals surface area contributed by atoms with Crippen molar-refractivity contribution in [1.29, 1.82) is 0 Å². The zero-order valence-corrected chi connectivity index (χ0v) is 26.2. The van der Waals surface area contributed by atoms with E-state index in [9.17, 15) is 0 Å². The summed E-state index contributed by atoms with van der Waals surface area (Å²) in [6.07, 6.45) is 0. The van der Waals surface area contributed by atoms with Crippen LogP contribution in [0.25, 0.3) is 67.2 Å². The molecule has 1 heterocycles. The van der Waals surface area contributed by atoms with Gasteiger partial charge in [-0.15, -0.1) is 0 Å². The minimum absolute atomic E-state index is 0.656. The summed E-state index contributed by atoms with van der Waals surface area (Å²) in [7, 11) is -1.36. The molecule has 6 aromatic carbocycles. The second kappa shape index (κ2) is 11.5. The van der Waals surface area contributed by atoms with Gasteiger partial charge in [0.25, 0.3) is 0 Å². The van der Waals surface area contributed by atoms with Crippen LogP contribution in [0, 0.1) is 0 Å². The fraction of sp³-hybridized carbons (Fsp3) is 0.0750. The zero-order chi connectivity index (χ0) is 30.1. The summed E-state index contributed by atoms with van der Waals surface area (Å²) in [5, 5.41) is 3.94. The van der Waals surface area contributed by atoms with Gasteiger partial charge in [0.15, 0.2) is 17.5 Å². The fourth-order valence-electron chi connectivity index (χ4n) is 5.72. The molecule has 7 aromatic rings. The third-order valence-electron chi connectivity index (χ3n) is 8.12. The number of benzene rings is 6. The number of aromatic nitrogens is 3. The lowest BCUT2D eigenvalue weighted by Crippen LogP contribution is -2.37. The van der Waals surface area contributed by atoms with E-state index in [2.05, 4.69) is 105 Å². The highest BCUT2D eigenvalue weighted by molar-refractivity contribution is 6.88. The van der Waals surface area contributed by atoms with Crippen LogP contribution >= 0.6 is 0 Å². The molecule has 3 nitrogen and oxygen atoms in total. The average Bonchev–Trinajstić information content (AvgIpc) is 3.08. The number of hydrogen-bond acceptors (Lipinski definition) is 3. The zero-order valence-electron chi connectivity index (χ0n) is 25.2. The molecule has 0 fully saturated rings. The van der Waals surface area contributed by atoms with Crippen LogP contribution in [0.5, 0.6) is 0 Å². The summed E-state index contributed by atoms with van der Waals surface area (Å²) in [4.78, 5) is 14.8. The summed E-state index contributed by atoms with van der Waals surface area (Å²) in [6, 6.07) is 51.2. The molecule has 0 saturated heterocycles. The molecule has 0 saturated carbocycles. The molecule has 7 rings (SSSR count).